The van der Waals surface area contributed by atoms with Crippen molar-refractivity contribution in [2.75, 3.05) is 42.6 Å². The zero-order chi connectivity index (χ0) is 27.4. The first-order chi connectivity index (χ1) is 19.0. The number of carbonyl (C=O) groups is 1. The monoisotopic (exact) mass is 558 g/mol. The predicted octanol–water partition coefficient (Wildman–Crippen LogP) is 6.42. The molecule has 2 heterocycles. The Morgan fingerprint density at radius 1 is 0.949 bits per heavy atom. The lowest BCUT2D eigenvalue weighted by molar-refractivity contribution is -0.122. The van der Waals surface area contributed by atoms with E-state index in [2.05, 4.69) is 54.0 Å². The van der Waals surface area contributed by atoms with Gasteiger partial charge in [-0.3, -0.25) is 9.69 Å². The highest BCUT2D eigenvalue weighted by atomic mass is 32.2. The van der Waals surface area contributed by atoms with Crippen molar-refractivity contribution in [2.45, 2.75) is 32.1 Å². The number of aryl methyl sites for hydroxylation is 1. The molecule has 2 aliphatic heterocycles. The number of para-hydroxylation sites is 1. The molecule has 0 bridgehead atoms. The van der Waals surface area contributed by atoms with Crippen molar-refractivity contribution < 1.29 is 9.90 Å². The number of anilines is 2. The van der Waals surface area contributed by atoms with Crippen LogP contribution < -0.4 is 9.80 Å². The Kier molecular flexibility index (Phi) is 8.65. The van der Waals surface area contributed by atoms with Gasteiger partial charge in [-0.2, -0.15) is 0 Å². The molecule has 8 heteroatoms. The van der Waals surface area contributed by atoms with Gasteiger partial charge in [0, 0.05) is 36.8 Å². The second kappa shape index (κ2) is 12.3. The number of nitrogens with zero attached hydrogens (tertiary/aromatic N) is 4. The summed E-state index contributed by atoms with van der Waals surface area (Å²) < 4.78 is 0. The van der Waals surface area contributed by atoms with Crippen LogP contribution in [0.3, 0.4) is 0 Å². The molecule has 3 aromatic carbocycles. The number of hydrogen-bond acceptors (Lipinski definition) is 7. The van der Waals surface area contributed by atoms with Crippen LogP contribution in [0, 0.1) is 6.92 Å². The molecule has 0 atom stereocenters. The molecule has 0 radical (unpaired) electrons. The molecule has 0 aromatic heterocycles. The summed E-state index contributed by atoms with van der Waals surface area (Å²) in [5.74, 6) is 0.0119. The molecule has 0 unspecified atom stereocenters. The van der Waals surface area contributed by atoms with E-state index in [4.69, 9.17) is 4.99 Å². The SMILES string of the molecule is CCN(CCO)c1ccc(N=C2S/C(=C3\Sc4ccccc4N3CC)C(=O)N2CCc2ccccc2)c(C)c1. The first-order valence-electron chi connectivity index (χ1n) is 13.4. The molecule has 1 amide bonds. The molecular weight excluding hydrogens is 525 g/mol. The van der Waals surface area contributed by atoms with Crippen LogP contribution in [0.15, 0.2) is 92.6 Å². The van der Waals surface area contributed by atoms with Gasteiger partial charge in [-0.15, -0.1) is 0 Å². The Labute approximate surface area is 239 Å². The van der Waals surface area contributed by atoms with Crippen molar-refractivity contribution in [3.05, 3.63) is 93.9 Å². The van der Waals surface area contributed by atoms with E-state index in [0.29, 0.717) is 18.3 Å². The van der Waals surface area contributed by atoms with Gasteiger partial charge in [0.25, 0.3) is 5.91 Å². The quantitative estimate of drug-likeness (QED) is 0.306. The van der Waals surface area contributed by atoms with Crippen LogP contribution in [0.25, 0.3) is 0 Å². The maximum atomic E-state index is 14.0. The van der Waals surface area contributed by atoms with Crippen LogP contribution in [-0.2, 0) is 11.2 Å². The molecule has 0 saturated carbocycles. The highest BCUT2D eigenvalue weighted by Crippen LogP contribution is 2.50. The van der Waals surface area contributed by atoms with Crippen molar-refractivity contribution >= 4 is 51.7 Å². The average molecular weight is 559 g/mol. The van der Waals surface area contributed by atoms with Gasteiger partial charge in [0.05, 0.1) is 18.0 Å². The molecule has 1 saturated heterocycles. The highest BCUT2D eigenvalue weighted by molar-refractivity contribution is 8.19. The topological polar surface area (TPSA) is 59.4 Å². The third kappa shape index (κ3) is 5.73. The zero-order valence-electron chi connectivity index (χ0n) is 22.6. The Balaban J connectivity index is 1.50. The number of benzene rings is 3. The summed E-state index contributed by atoms with van der Waals surface area (Å²) in [5, 5.41) is 11.1. The zero-order valence-corrected chi connectivity index (χ0v) is 24.3. The first kappa shape index (κ1) is 27.4. The summed E-state index contributed by atoms with van der Waals surface area (Å²) in [4.78, 5) is 27.1. The number of thioether (sulfide) groups is 2. The van der Waals surface area contributed by atoms with Crippen LogP contribution in [0.4, 0.5) is 17.1 Å². The number of amidine groups is 1. The molecular formula is C31H34N4O2S2. The van der Waals surface area contributed by atoms with Gasteiger partial charge >= 0.3 is 0 Å². The van der Waals surface area contributed by atoms with Gasteiger partial charge in [-0.1, -0.05) is 54.2 Å². The minimum Gasteiger partial charge on any atom is -0.395 e. The van der Waals surface area contributed by atoms with Crippen LogP contribution in [0.2, 0.25) is 0 Å². The lowest BCUT2D eigenvalue weighted by Crippen LogP contribution is -2.32. The smallest absolute Gasteiger partial charge is 0.269 e. The van der Waals surface area contributed by atoms with E-state index in [1.165, 1.54) is 22.2 Å². The Bertz CT molecular complexity index is 1410. The molecule has 0 aliphatic carbocycles. The fourth-order valence-corrected chi connectivity index (χ4v) is 7.29. The molecule has 1 fully saturated rings. The van der Waals surface area contributed by atoms with Gasteiger partial charge in [0.1, 0.15) is 9.93 Å². The number of aliphatic imine (C=N–C) groups is 1. The van der Waals surface area contributed by atoms with Crippen LogP contribution in [0.5, 0.6) is 0 Å². The van der Waals surface area contributed by atoms with Gasteiger partial charge < -0.3 is 14.9 Å². The summed E-state index contributed by atoms with van der Waals surface area (Å²) >= 11 is 3.14. The van der Waals surface area contributed by atoms with Crippen molar-refractivity contribution in [3.63, 3.8) is 0 Å². The molecule has 5 rings (SSSR count). The third-order valence-electron chi connectivity index (χ3n) is 6.96. The molecule has 1 N–H and O–H groups in total. The third-order valence-corrected chi connectivity index (χ3v) is 9.34. The van der Waals surface area contributed by atoms with Gasteiger partial charge in [0.15, 0.2) is 5.17 Å². The van der Waals surface area contributed by atoms with Gasteiger partial charge in [-0.05, 0) is 80.4 Å². The normalized spacial score (nSPS) is 17.8. The number of rotatable bonds is 9. The lowest BCUT2D eigenvalue weighted by atomic mass is 10.1. The van der Waals surface area contributed by atoms with Gasteiger partial charge in [0.2, 0.25) is 0 Å². The summed E-state index contributed by atoms with van der Waals surface area (Å²) in [6.07, 6.45) is 0.754. The Morgan fingerprint density at radius 3 is 2.44 bits per heavy atom. The van der Waals surface area contributed by atoms with E-state index in [9.17, 15) is 9.90 Å². The van der Waals surface area contributed by atoms with Crippen LogP contribution >= 0.6 is 23.5 Å². The number of hydrogen-bond donors (Lipinski definition) is 1. The predicted molar refractivity (Wildman–Crippen MR) is 165 cm³/mol. The van der Waals surface area contributed by atoms with Crippen molar-refractivity contribution in [1.29, 1.82) is 0 Å². The largest absolute Gasteiger partial charge is 0.395 e. The van der Waals surface area contributed by atoms with E-state index in [1.807, 2.05) is 54.3 Å². The number of aliphatic hydroxyl groups is 1. The second-order valence-electron chi connectivity index (χ2n) is 9.41. The fraction of sp³-hybridized carbons (Fsp3) is 0.290. The van der Waals surface area contributed by atoms with Crippen LogP contribution in [-0.4, -0.2) is 53.9 Å². The summed E-state index contributed by atoms with van der Waals surface area (Å²) in [6, 6.07) is 24.8. The van der Waals surface area contributed by atoms with Gasteiger partial charge in [-0.25, -0.2) is 4.99 Å². The number of likely N-dealkylation sites (N-methyl/N-ethyl adjacent to an activating group) is 1. The van der Waals surface area contributed by atoms with Crippen molar-refractivity contribution in [3.8, 4) is 0 Å². The molecule has 2 aliphatic rings. The number of aliphatic hydroxyl groups excluding tert-OH is 1. The number of fused-ring (bicyclic) bond motifs is 1. The van der Waals surface area contributed by atoms with E-state index in [1.54, 1.807) is 11.8 Å². The molecule has 6 nitrogen and oxygen atoms in total. The molecule has 0 spiro atoms. The molecule has 3 aromatic rings. The van der Waals surface area contributed by atoms with Crippen LogP contribution in [0.1, 0.15) is 25.0 Å². The Morgan fingerprint density at radius 2 is 1.72 bits per heavy atom. The average Bonchev–Trinajstić information content (AvgIpc) is 3.48. The van der Waals surface area contributed by atoms with E-state index in [-0.39, 0.29) is 12.5 Å². The first-order valence-corrected chi connectivity index (χ1v) is 15.0. The van der Waals surface area contributed by atoms with Crippen molar-refractivity contribution in [1.82, 2.24) is 4.90 Å². The maximum absolute atomic E-state index is 14.0. The summed E-state index contributed by atoms with van der Waals surface area (Å²) in [5.41, 5.74) is 5.28. The number of amides is 1. The summed E-state index contributed by atoms with van der Waals surface area (Å²) in [6.45, 7) is 9.12. The molecule has 202 valence electrons. The van der Waals surface area contributed by atoms with E-state index < -0.39 is 0 Å². The Hall–Kier alpha value is -3.20. The minimum absolute atomic E-state index is 0.0119. The highest BCUT2D eigenvalue weighted by Gasteiger charge is 2.39. The van der Waals surface area contributed by atoms with E-state index >= 15 is 0 Å². The second-order valence-corrected chi connectivity index (χ2v) is 11.4. The van der Waals surface area contributed by atoms with Crippen molar-refractivity contribution in [2.24, 2.45) is 4.99 Å². The lowest BCUT2D eigenvalue weighted by Gasteiger charge is -2.23. The maximum Gasteiger partial charge on any atom is 0.269 e. The summed E-state index contributed by atoms with van der Waals surface area (Å²) in [7, 11) is 0. The fourth-order valence-electron chi connectivity index (χ4n) is 4.87. The van der Waals surface area contributed by atoms with E-state index in [0.717, 1.165) is 52.1 Å². The molecule has 39 heavy (non-hydrogen) atoms. The standard InChI is InChI=1S/C31H34N4O2S2/c1-4-33(19-20-36)24-15-16-25(22(3)21-24)32-31-35(18-17-23-11-7-6-8-12-23)29(37)28(39-31)30-34(5-2)26-13-9-10-14-27(26)38-30/h6-16,21,36H,4-5,17-20H2,1-3H3/b30-28-,32-31?. The number of carbonyl (C=O) groups excluding carboxylic acids is 1. The minimum atomic E-state index is 0.0119.